The molecule has 40 heavy (non-hydrogen) atoms. The van der Waals surface area contributed by atoms with Gasteiger partial charge in [-0.2, -0.15) is 5.10 Å². The summed E-state index contributed by atoms with van der Waals surface area (Å²) in [5.74, 6) is 0.0372. The van der Waals surface area contributed by atoms with Gasteiger partial charge in [0.2, 0.25) is 0 Å². The van der Waals surface area contributed by atoms with Crippen LogP contribution < -0.4 is 21.5 Å². The van der Waals surface area contributed by atoms with E-state index >= 15 is 0 Å². The maximum atomic E-state index is 13.4. The molecule has 4 aromatic heterocycles. The normalized spacial score (nSPS) is 10.9. The Labute approximate surface area is 229 Å². The van der Waals surface area contributed by atoms with Crippen LogP contribution in [0.4, 0.5) is 17.2 Å². The molecule has 4 heterocycles. The first-order valence-electron chi connectivity index (χ1n) is 12.3. The van der Waals surface area contributed by atoms with Gasteiger partial charge in [-0.1, -0.05) is 30.3 Å². The second kappa shape index (κ2) is 10.7. The molecule has 12 nitrogen and oxygen atoms in total. The highest BCUT2D eigenvalue weighted by Crippen LogP contribution is 2.27. The monoisotopic (exact) mass is 537 g/mol. The van der Waals surface area contributed by atoms with Crippen molar-refractivity contribution in [3.05, 3.63) is 107 Å². The number of pyridine rings is 2. The van der Waals surface area contributed by atoms with E-state index in [-0.39, 0.29) is 34.2 Å². The summed E-state index contributed by atoms with van der Waals surface area (Å²) in [5.41, 5.74) is 8.06. The summed E-state index contributed by atoms with van der Waals surface area (Å²) in [6.07, 6.45) is 5.70. The third kappa shape index (κ3) is 5.10. The number of hydrogen-bond acceptors (Lipinski definition) is 8. The van der Waals surface area contributed by atoms with Crippen LogP contribution in [0.15, 0.2) is 84.2 Å². The van der Waals surface area contributed by atoms with E-state index in [1.54, 1.807) is 43.0 Å². The molecule has 12 heteroatoms. The molecular weight excluding hydrogens is 510 g/mol. The minimum atomic E-state index is -0.611. The molecule has 0 fully saturated rings. The first kappa shape index (κ1) is 26.1. The average molecular weight is 538 g/mol. The van der Waals surface area contributed by atoms with Gasteiger partial charge in [0.05, 0.1) is 29.7 Å². The number of benzene rings is 1. The minimum absolute atomic E-state index is 0.169. The fraction of sp³-hybridized carbons (Fsp3) is 0.143. The van der Waals surface area contributed by atoms with Gasteiger partial charge in [-0.3, -0.25) is 19.0 Å². The van der Waals surface area contributed by atoms with E-state index in [9.17, 15) is 14.4 Å². The summed E-state index contributed by atoms with van der Waals surface area (Å²) in [4.78, 5) is 49.5. The molecule has 1 aromatic carbocycles. The van der Waals surface area contributed by atoms with E-state index in [4.69, 9.17) is 5.73 Å². The van der Waals surface area contributed by atoms with Crippen LogP contribution in [-0.2, 0) is 6.54 Å². The number of amides is 2. The molecule has 0 saturated heterocycles. The van der Waals surface area contributed by atoms with Crippen molar-refractivity contribution >= 4 is 34.5 Å². The molecule has 202 valence electrons. The Kier molecular flexibility index (Phi) is 6.98. The van der Waals surface area contributed by atoms with Crippen LogP contribution in [0.3, 0.4) is 0 Å². The van der Waals surface area contributed by atoms with Crippen LogP contribution in [-0.4, -0.2) is 62.0 Å². The second-order valence-electron chi connectivity index (χ2n) is 9.34. The number of aromatic nitrogens is 5. The van der Waals surface area contributed by atoms with Crippen LogP contribution in [0.1, 0.15) is 26.4 Å². The number of nitrogens with one attached hydrogen (secondary N) is 1. The Morgan fingerprint density at radius 3 is 2.42 bits per heavy atom. The van der Waals surface area contributed by atoms with E-state index < -0.39 is 5.91 Å². The lowest BCUT2D eigenvalue weighted by Crippen LogP contribution is -2.24. The lowest BCUT2D eigenvalue weighted by Gasteiger charge is -2.22. The quantitative estimate of drug-likeness (QED) is 0.307. The van der Waals surface area contributed by atoms with E-state index in [1.165, 1.54) is 28.1 Å². The number of carbonyl (C=O) groups is 2. The third-order valence-corrected chi connectivity index (χ3v) is 6.26. The lowest BCUT2D eigenvalue weighted by atomic mass is 10.2. The van der Waals surface area contributed by atoms with Crippen LogP contribution in [0.2, 0.25) is 0 Å². The zero-order chi connectivity index (χ0) is 28.4. The molecule has 0 spiro atoms. The van der Waals surface area contributed by atoms with Crippen LogP contribution in [0.25, 0.3) is 11.3 Å². The van der Waals surface area contributed by atoms with Gasteiger partial charge in [0.1, 0.15) is 17.2 Å². The summed E-state index contributed by atoms with van der Waals surface area (Å²) in [6, 6.07) is 16.8. The van der Waals surface area contributed by atoms with Crippen molar-refractivity contribution in [2.75, 3.05) is 31.4 Å². The number of rotatable bonds is 8. The van der Waals surface area contributed by atoms with Crippen LogP contribution in [0.5, 0.6) is 0 Å². The van der Waals surface area contributed by atoms with Crippen molar-refractivity contribution in [1.29, 1.82) is 0 Å². The van der Waals surface area contributed by atoms with Crippen molar-refractivity contribution in [2.45, 2.75) is 6.54 Å². The number of primary amides is 1. The molecule has 5 aromatic rings. The number of nitrogens with zero attached hydrogens (tertiary/aromatic N) is 7. The van der Waals surface area contributed by atoms with Crippen molar-refractivity contribution in [3.8, 4) is 5.82 Å². The fourth-order valence-electron chi connectivity index (χ4n) is 4.25. The molecule has 0 radical (unpaired) electrons. The van der Waals surface area contributed by atoms with Gasteiger partial charge < -0.3 is 20.9 Å². The number of carbonyl (C=O) groups excluding carboxylic acids is 2. The highest BCUT2D eigenvalue weighted by molar-refractivity contribution is 6.00. The molecule has 2 amide bonds. The van der Waals surface area contributed by atoms with Gasteiger partial charge in [0.25, 0.3) is 17.4 Å². The Bertz CT molecular complexity index is 1760. The van der Waals surface area contributed by atoms with Crippen LogP contribution >= 0.6 is 0 Å². The number of nitrogens with two attached hydrogens (primary N) is 1. The third-order valence-electron chi connectivity index (χ3n) is 6.26. The summed E-state index contributed by atoms with van der Waals surface area (Å²) in [5, 5.41) is 7.56. The fourth-order valence-corrected chi connectivity index (χ4v) is 4.25. The maximum Gasteiger partial charge on any atom is 0.279 e. The van der Waals surface area contributed by atoms with Gasteiger partial charge in [-0.05, 0) is 23.8 Å². The van der Waals surface area contributed by atoms with Gasteiger partial charge >= 0.3 is 0 Å². The summed E-state index contributed by atoms with van der Waals surface area (Å²) in [7, 11) is 5.16. The summed E-state index contributed by atoms with van der Waals surface area (Å²) in [6.45, 7) is 0.578. The van der Waals surface area contributed by atoms with Gasteiger partial charge in [0, 0.05) is 45.6 Å². The Morgan fingerprint density at radius 1 is 0.975 bits per heavy atom. The number of hydrogen-bond donors (Lipinski definition) is 2. The Balaban J connectivity index is 1.52. The molecule has 0 aliphatic heterocycles. The smallest absolute Gasteiger partial charge is 0.279 e. The van der Waals surface area contributed by atoms with Gasteiger partial charge in [0.15, 0.2) is 5.82 Å². The predicted molar refractivity (Wildman–Crippen MR) is 151 cm³/mol. The number of fused-ring (bicyclic) bond motifs is 1. The predicted octanol–water partition coefficient (Wildman–Crippen LogP) is 2.46. The zero-order valence-electron chi connectivity index (χ0n) is 22.1. The summed E-state index contributed by atoms with van der Waals surface area (Å²) < 4.78 is 2.97. The molecule has 0 aliphatic rings. The van der Waals surface area contributed by atoms with Crippen molar-refractivity contribution in [2.24, 2.45) is 5.73 Å². The minimum Gasteiger partial charge on any atom is -0.365 e. The van der Waals surface area contributed by atoms with Crippen molar-refractivity contribution in [1.82, 2.24) is 29.0 Å². The average Bonchev–Trinajstić information content (AvgIpc) is 3.38. The van der Waals surface area contributed by atoms with Crippen molar-refractivity contribution in [3.63, 3.8) is 0 Å². The molecule has 0 atom stereocenters. The molecule has 0 aliphatic carbocycles. The molecular formula is C28H27N9O3. The molecule has 5 rings (SSSR count). The van der Waals surface area contributed by atoms with E-state index in [0.717, 1.165) is 5.56 Å². The van der Waals surface area contributed by atoms with Gasteiger partial charge in [-0.15, -0.1) is 0 Å². The first-order valence-corrected chi connectivity index (χ1v) is 12.3. The van der Waals surface area contributed by atoms with E-state index in [1.807, 2.05) is 48.3 Å². The largest absolute Gasteiger partial charge is 0.365 e. The molecule has 0 bridgehead atoms. The zero-order valence-corrected chi connectivity index (χ0v) is 22.1. The lowest BCUT2D eigenvalue weighted by molar-refractivity contribution is 0.0821. The molecule has 0 unspecified atom stereocenters. The summed E-state index contributed by atoms with van der Waals surface area (Å²) >= 11 is 0. The van der Waals surface area contributed by atoms with Gasteiger partial charge in [-0.25, -0.2) is 14.5 Å². The first-order chi connectivity index (χ1) is 19.2. The van der Waals surface area contributed by atoms with E-state index in [2.05, 4.69) is 20.4 Å². The standard InChI is InChI=1S/C28H27N9O3/c1-34(2)27(39)22-15-31-24(16-30-22)36-11-7-10-21(28(36)40)33-19-12-23-20(26(29)38)14-32-37(23)25(13-19)35(3)17-18-8-5-4-6-9-18/h4-16,33H,17H2,1-3H3,(H2,29,38). The highest BCUT2D eigenvalue weighted by Gasteiger charge is 2.17. The Morgan fingerprint density at radius 2 is 1.75 bits per heavy atom. The molecule has 0 saturated carbocycles. The van der Waals surface area contributed by atoms with Crippen molar-refractivity contribution < 1.29 is 9.59 Å². The maximum absolute atomic E-state index is 13.4. The number of anilines is 3. The SMILES string of the molecule is CN(C)C(=O)c1cnc(-n2cccc(Nc3cc(N(C)Cc4ccccc4)n4ncc(C(N)=O)c4c3)c2=O)cn1. The highest BCUT2D eigenvalue weighted by atomic mass is 16.2. The second-order valence-corrected chi connectivity index (χ2v) is 9.34. The van der Waals surface area contributed by atoms with Crippen LogP contribution in [0, 0.1) is 0 Å². The molecule has 3 N–H and O–H groups in total. The topological polar surface area (TPSA) is 144 Å². The van der Waals surface area contributed by atoms with E-state index in [0.29, 0.717) is 23.6 Å². The Hall–Kier alpha value is -5.52.